The summed E-state index contributed by atoms with van der Waals surface area (Å²) in [7, 11) is 0. The van der Waals surface area contributed by atoms with Gasteiger partial charge in [-0.05, 0) is 37.3 Å². The lowest BCUT2D eigenvalue weighted by Crippen LogP contribution is -2.30. The zero-order chi connectivity index (χ0) is 17.0. The molecule has 2 rings (SSSR count). The molecule has 0 fully saturated rings. The molecule has 1 heterocycles. The van der Waals surface area contributed by atoms with Crippen LogP contribution in [0.4, 0.5) is 5.82 Å². The molecule has 1 unspecified atom stereocenters. The second kappa shape index (κ2) is 7.64. The number of carbonyl (C=O) groups is 2. The lowest BCUT2D eigenvalue weighted by atomic mass is 10.2. The normalized spacial score (nSPS) is 11.7. The number of ether oxygens (including phenoxy) is 1. The maximum Gasteiger partial charge on any atom is 0.338 e. The highest BCUT2D eigenvalue weighted by Gasteiger charge is 2.20. The Morgan fingerprint density at radius 3 is 2.39 bits per heavy atom. The van der Waals surface area contributed by atoms with Crippen LogP contribution in [-0.2, 0) is 9.53 Å². The average Bonchev–Trinajstić information content (AvgIpc) is 2.50. The van der Waals surface area contributed by atoms with Crippen LogP contribution in [0.25, 0.3) is 0 Å². The quantitative estimate of drug-likeness (QED) is 0.815. The van der Waals surface area contributed by atoms with Gasteiger partial charge in [0.05, 0.1) is 15.6 Å². The van der Waals surface area contributed by atoms with Crippen molar-refractivity contribution in [3.05, 3.63) is 57.2 Å². The fourth-order valence-electron chi connectivity index (χ4n) is 1.59. The zero-order valence-electron chi connectivity index (χ0n) is 11.8. The van der Waals surface area contributed by atoms with Gasteiger partial charge in [0.2, 0.25) is 0 Å². The number of hydrogen-bond acceptors (Lipinski definition) is 4. The molecule has 1 aromatic carbocycles. The Kier molecular flexibility index (Phi) is 5.82. The highest BCUT2D eigenvalue weighted by Crippen LogP contribution is 2.22. The first-order valence-corrected chi connectivity index (χ1v) is 7.58. The standard InChI is InChI=1S/C15H11Cl3N2O3/c1-8(23-15(22)9-2-4-10(16)5-3-9)14(21)20-13-12(18)6-11(17)7-19-13/h2-8H,1H3,(H,19,20,21). The number of nitrogens with zero attached hydrogens (tertiary/aromatic N) is 1. The molecular formula is C15H11Cl3N2O3. The van der Waals surface area contributed by atoms with Crippen LogP contribution in [0.2, 0.25) is 15.1 Å². The lowest BCUT2D eigenvalue weighted by molar-refractivity contribution is -0.123. The third-order valence-electron chi connectivity index (χ3n) is 2.78. The van der Waals surface area contributed by atoms with E-state index in [1.54, 1.807) is 12.1 Å². The third-order valence-corrected chi connectivity index (χ3v) is 3.53. The highest BCUT2D eigenvalue weighted by atomic mass is 35.5. The first-order chi connectivity index (χ1) is 10.9. The number of nitrogens with one attached hydrogen (secondary N) is 1. The first kappa shape index (κ1) is 17.5. The molecule has 0 aliphatic rings. The van der Waals surface area contributed by atoms with Crippen molar-refractivity contribution in [1.82, 2.24) is 4.98 Å². The molecule has 0 aliphatic heterocycles. The Labute approximate surface area is 147 Å². The summed E-state index contributed by atoms with van der Waals surface area (Å²) >= 11 is 17.4. The van der Waals surface area contributed by atoms with Crippen molar-refractivity contribution in [3.8, 4) is 0 Å². The summed E-state index contributed by atoms with van der Waals surface area (Å²) in [6.45, 7) is 1.44. The molecule has 0 spiro atoms. The maximum atomic E-state index is 12.0. The van der Waals surface area contributed by atoms with Gasteiger partial charge in [0, 0.05) is 11.2 Å². The van der Waals surface area contributed by atoms with E-state index < -0.39 is 18.0 Å². The molecule has 1 N–H and O–H groups in total. The van der Waals surface area contributed by atoms with Crippen molar-refractivity contribution in [3.63, 3.8) is 0 Å². The second-order valence-electron chi connectivity index (χ2n) is 4.53. The summed E-state index contributed by atoms with van der Waals surface area (Å²) in [5, 5.41) is 3.49. The van der Waals surface area contributed by atoms with Crippen molar-refractivity contribution in [2.45, 2.75) is 13.0 Å². The van der Waals surface area contributed by atoms with Crippen LogP contribution in [0.3, 0.4) is 0 Å². The predicted octanol–water partition coefficient (Wildman–Crippen LogP) is 4.23. The maximum absolute atomic E-state index is 12.0. The van der Waals surface area contributed by atoms with E-state index in [4.69, 9.17) is 39.5 Å². The van der Waals surface area contributed by atoms with E-state index in [1.807, 2.05) is 0 Å². The van der Waals surface area contributed by atoms with Gasteiger partial charge in [-0.3, -0.25) is 4.79 Å². The number of rotatable bonds is 4. The van der Waals surface area contributed by atoms with E-state index >= 15 is 0 Å². The van der Waals surface area contributed by atoms with Crippen LogP contribution in [0, 0.1) is 0 Å². The number of benzene rings is 1. The minimum Gasteiger partial charge on any atom is -0.449 e. The number of aromatic nitrogens is 1. The summed E-state index contributed by atoms with van der Waals surface area (Å²) in [5.74, 6) is -1.07. The van der Waals surface area contributed by atoms with Gasteiger partial charge in [0.15, 0.2) is 11.9 Å². The molecule has 1 aromatic heterocycles. The van der Waals surface area contributed by atoms with Gasteiger partial charge in [0.25, 0.3) is 5.91 Å². The van der Waals surface area contributed by atoms with Crippen LogP contribution in [-0.4, -0.2) is 23.0 Å². The van der Waals surface area contributed by atoms with Crippen LogP contribution in [0.15, 0.2) is 36.5 Å². The Bertz CT molecular complexity index is 735. The van der Waals surface area contributed by atoms with Gasteiger partial charge in [-0.25, -0.2) is 9.78 Å². The molecule has 8 heteroatoms. The molecule has 1 amide bonds. The monoisotopic (exact) mass is 372 g/mol. The van der Waals surface area contributed by atoms with Crippen molar-refractivity contribution in [2.24, 2.45) is 0 Å². The molecule has 0 saturated carbocycles. The van der Waals surface area contributed by atoms with Crippen LogP contribution in [0.5, 0.6) is 0 Å². The van der Waals surface area contributed by atoms with E-state index in [0.717, 1.165) is 0 Å². The van der Waals surface area contributed by atoms with Crippen molar-refractivity contribution in [1.29, 1.82) is 0 Å². The SMILES string of the molecule is CC(OC(=O)c1ccc(Cl)cc1)C(=O)Nc1ncc(Cl)cc1Cl. The van der Waals surface area contributed by atoms with Crippen LogP contribution < -0.4 is 5.32 Å². The van der Waals surface area contributed by atoms with E-state index in [1.165, 1.54) is 31.3 Å². The fourth-order valence-corrected chi connectivity index (χ4v) is 2.15. The molecular weight excluding hydrogens is 363 g/mol. The number of hydrogen-bond donors (Lipinski definition) is 1. The molecule has 0 bridgehead atoms. The minimum absolute atomic E-state index is 0.135. The largest absolute Gasteiger partial charge is 0.449 e. The Morgan fingerprint density at radius 2 is 1.78 bits per heavy atom. The minimum atomic E-state index is -1.04. The molecule has 1 atom stereocenters. The average molecular weight is 374 g/mol. The Balaban J connectivity index is 1.99. The van der Waals surface area contributed by atoms with E-state index in [9.17, 15) is 9.59 Å². The van der Waals surface area contributed by atoms with E-state index in [0.29, 0.717) is 10.0 Å². The Morgan fingerprint density at radius 1 is 1.13 bits per heavy atom. The summed E-state index contributed by atoms with van der Waals surface area (Å²) in [5.41, 5.74) is 0.289. The van der Waals surface area contributed by atoms with Crippen molar-refractivity contribution >= 4 is 52.5 Å². The molecule has 23 heavy (non-hydrogen) atoms. The van der Waals surface area contributed by atoms with Gasteiger partial charge in [0.1, 0.15) is 0 Å². The van der Waals surface area contributed by atoms with Gasteiger partial charge in [-0.15, -0.1) is 0 Å². The molecule has 0 radical (unpaired) electrons. The third kappa shape index (κ3) is 4.82. The second-order valence-corrected chi connectivity index (χ2v) is 5.81. The van der Waals surface area contributed by atoms with Crippen molar-refractivity contribution in [2.75, 3.05) is 5.32 Å². The molecule has 0 aliphatic carbocycles. The highest BCUT2D eigenvalue weighted by molar-refractivity contribution is 6.36. The number of amides is 1. The van der Waals surface area contributed by atoms with Gasteiger partial charge >= 0.3 is 5.97 Å². The van der Waals surface area contributed by atoms with Gasteiger partial charge < -0.3 is 10.1 Å². The van der Waals surface area contributed by atoms with Crippen LogP contribution in [0.1, 0.15) is 17.3 Å². The number of esters is 1. The summed E-state index contributed by atoms with van der Waals surface area (Å²) in [6, 6.07) is 7.57. The van der Waals surface area contributed by atoms with Gasteiger partial charge in [-0.2, -0.15) is 0 Å². The molecule has 120 valence electrons. The number of pyridine rings is 1. The topological polar surface area (TPSA) is 68.3 Å². The van der Waals surface area contributed by atoms with Crippen molar-refractivity contribution < 1.29 is 14.3 Å². The number of halogens is 3. The van der Waals surface area contributed by atoms with E-state index in [-0.39, 0.29) is 16.4 Å². The smallest absolute Gasteiger partial charge is 0.338 e. The number of carbonyl (C=O) groups excluding carboxylic acids is 2. The number of anilines is 1. The molecule has 2 aromatic rings. The summed E-state index contributed by atoms with van der Waals surface area (Å²) < 4.78 is 5.08. The summed E-state index contributed by atoms with van der Waals surface area (Å²) in [6.07, 6.45) is 0.305. The lowest BCUT2D eigenvalue weighted by Gasteiger charge is -2.13. The predicted molar refractivity (Wildman–Crippen MR) is 89.2 cm³/mol. The zero-order valence-corrected chi connectivity index (χ0v) is 14.1. The van der Waals surface area contributed by atoms with Gasteiger partial charge in [-0.1, -0.05) is 34.8 Å². The fraction of sp³-hybridized carbons (Fsp3) is 0.133. The Hall–Kier alpha value is -1.82. The summed E-state index contributed by atoms with van der Waals surface area (Å²) in [4.78, 5) is 27.9. The molecule has 0 saturated heterocycles. The first-order valence-electron chi connectivity index (χ1n) is 6.45. The van der Waals surface area contributed by atoms with Crippen LogP contribution >= 0.6 is 34.8 Å². The molecule has 5 nitrogen and oxygen atoms in total. The van der Waals surface area contributed by atoms with E-state index in [2.05, 4.69) is 10.3 Å².